The Hall–Kier alpha value is -3.69. The van der Waals surface area contributed by atoms with E-state index in [4.69, 9.17) is 20.9 Å². The van der Waals surface area contributed by atoms with E-state index in [1.165, 1.54) is 42.7 Å². The fourth-order valence-electron chi connectivity index (χ4n) is 2.86. The summed E-state index contributed by atoms with van der Waals surface area (Å²) < 4.78 is 24.6. The van der Waals surface area contributed by atoms with Gasteiger partial charge in [-0.3, -0.25) is 9.59 Å². The van der Waals surface area contributed by atoms with E-state index in [2.05, 4.69) is 15.8 Å². The summed E-state index contributed by atoms with van der Waals surface area (Å²) in [7, 11) is 1.42. The third-order valence-electron chi connectivity index (χ3n) is 4.39. The Labute approximate surface area is 190 Å². The molecule has 2 aromatic carbocycles. The summed E-state index contributed by atoms with van der Waals surface area (Å²) in [5.41, 5.74) is 0.514. The van der Waals surface area contributed by atoms with Gasteiger partial charge in [0.05, 0.1) is 23.2 Å². The van der Waals surface area contributed by atoms with Gasteiger partial charge in [-0.25, -0.2) is 4.39 Å². The molecule has 0 atom stereocenters. The molecular formula is C22H15ClFN3O4S. The third kappa shape index (κ3) is 4.63. The lowest BCUT2D eigenvalue weighted by molar-refractivity contribution is 0.101. The van der Waals surface area contributed by atoms with Gasteiger partial charge >= 0.3 is 0 Å². The number of methoxy groups -OCH3 is 1. The summed E-state index contributed by atoms with van der Waals surface area (Å²) in [6.45, 7) is 0. The zero-order valence-corrected chi connectivity index (χ0v) is 18.1. The van der Waals surface area contributed by atoms with Crippen LogP contribution in [0.2, 0.25) is 5.02 Å². The molecule has 0 unspecified atom stereocenters. The van der Waals surface area contributed by atoms with Crippen molar-refractivity contribution >= 4 is 46.1 Å². The predicted octanol–water partition coefficient (Wildman–Crippen LogP) is 5.71. The lowest BCUT2D eigenvalue weighted by Gasteiger charge is -2.13. The Morgan fingerprint density at radius 2 is 1.94 bits per heavy atom. The summed E-state index contributed by atoms with van der Waals surface area (Å²) in [5.74, 6) is -1.14. The van der Waals surface area contributed by atoms with E-state index in [0.29, 0.717) is 17.2 Å². The van der Waals surface area contributed by atoms with Crippen LogP contribution in [0.1, 0.15) is 20.8 Å². The average Bonchev–Trinajstić information content (AvgIpc) is 3.46. The maximum Gasteiger partial charge on any atom is 0.277 e. The van der Waals surface area contributed by atoms with Gasteiger partial charge < -0.3 is 19.9 Å². The average molecular weight is 472 g/mol. The second kappa shape index (κ2) is 9.21. The van der Waals surface area contributed by atoms with Gasteiger partial charge in [0.2, 0.25) is 0 Å². The number of hydrogen-bond donors (Lipinski definition) is 2. The first-order valence-electron chi connectivity index (χ1n) is 9.21. The number of benzene rings is 2. The van der Waals surface area contributed by atoms with Crippen LogP contribution in [0.4, 0.5) is 15.8 Å². The molecule has 0 aliphatic carbocycles. The van der Waals surface area contributed by atoms with Gasteiger partial charge in [0.25, 0.3) is 11.8 Å². The largest absolute Gasteiger partial charge is 0.495 e. The molecule has 32 heavy (non-hydrogen) atoms. The molecule has 4 aromatic rings. The van der Waals surface area contributed by atoms with Crippen LogP contribution in [-0.4, -0.2) is 24.1 Å². The number of nitrogens with one attached hydrogen (secondary N) is 2. The number of thiophene rings is 1. The van der Waals surface area contributed by atoms with Gasteiger partial charge in [0.15, 0.2) is 11.5 Å². The van der Waals surface area contributed by atoms with Gasteiger partial charge in [0, 0.05) is 16.8 Å². The number of aromatic nitrogens is 1. The lowest BCUT2D eigenvalue weighted by atomic mass is 10.2. The van der Waals surface area contributed by atoms with E-state index in [0.717, 1.165) is 10.9 Å². The molecule has 0 aliphatic rings. The highest BCUT2D eigenvalue weighted by atomic mass is 35.5. The number of amides is 2. The highest BCUT2D eigenvalue weighted by Gasteiger charge is 2.17. The maximum atomic E-state index is 14.1. The summed E-state index contributed by atoms with van der Waals surface area (Å²) >= 11 is 7.20. The van der Waals surface area contributed by atoms with Crippen LogP contribution >= 0.6 is 22.9 Å². The number of hydrogen-bond acceptors (Lipinski definition) is 6. The molecule has 0 spiro atoms. The monoisotopic (exact) mass is 471 g/mol. The molecule has 7 nitrogen and oxygen atoms in total. The fourth-order valence-corrected chi connectivity index (χ4v) is 3.69. The van der Waals surface area contributed by atoms with Crippen molar-refractivity contribution in [3.05, 3.63) is 82.1 Å². The van der Waals surface area contributed by atoms with E-state index in [1.807, 2.05) is 17.5 Å². The minimum atomic E-state index is -0.758. The second-order valence-corrected chi connectivity index (χ2v) is 7.89. The van der Waals surface area contributed by atoms with E-state index >= 15 is 0 Å². The summed E-state index contributed by atoms with van der Waals surface area (Å²) in [4.78, 5) is 25.9. The van der Waals surface area contributed by atoms with Crippen molar-refractivity contribution in [2.24, 2.45) is 0 Å². The van der Waals surface area contributed by atoms with Crippen LogP contribution in [0.5, 0.6) is 5.75 Å². The molecule has 4 rings (SSSR count). The van der Waals surface area contributed by atoms with E-state index in [9.17, 15) is 14.0 Å². The van der Waals surface area contributed by atoms with Crippen LogP contribution < -0.4 is 15.4 Å². The van der Waals surface area contributed by atoms with Crippen molar-refractivity contribution < 1.29 is 23.2 Å². The standard InChI is InChI=1S/C22H15ClFN3O4S/c1-30-18-7-5-13(10-16(18)26-21(28)14-6-4-12(23)9-15(14)24)25-22(29)17-11-19(31-27-17)20-3-2-8-32-20/h2-11H,1H3,(H,25,29)(H,26,28). The first-order valence-corrected chi connectivity index (χ1v) is 10.5. The van der Waals surface area contributed by atoms with Crippen molar-refractivity contribution in [3.8, 4) is 16.4 Å². The number of nitrogens with zero attached hydrogens (tertiary/aromatic N) is 1. The molecule has 0 bridgehead atoms. The number of halogens is 2. The molecule has 2 heterocycles. The van der Waals surface area contributed by atoms with Gasteiger partial charge in [-0.15, -0.1) is 11.3 Å². The van der Waals surface area contributed by atoms with Gasteiger partial charge in [-0.1, -0.05) is 22.8 Å². The van der Waals surface area contributed by atoms with Gasteiger partial charge in [-0.05, 0) is 47.8 Å². The smallest absolute Gasteiger partial charge is 0.277 e. The zero-order chi connectivity index (χ0) is 22.7. The molecule has 162 valence electrons. The summed E-state index contributed by atoms with van der Waals surface area (Å²) in [6.07, 6.45) is 0. The van der Waals surface area contributed by atoms with Crippen LogP contribution in [0.25, 0.3) is 10.6 Å². The topological polar surface area (TPSA) is 93.5 Å². The number of carbonyl (C=O) groups is 2. The number of ether oxygens (including phenoxy) is 1. The quantitative estimate of drug-likeness (QED) is 0.375. The fraction of sp³-hybridized carbons (Fsp3) is 0.0455. The Morgan fingerprint density at radius 1 is 1.09 bits per heavy atom. The maximum absolute atomic E-state index is 14.1. The van der Waals surface area contributed by atoms with Crippen LogP contribution in [0.15, 0.2) is 64.5 Å². The van der Waals surface area contributed by atoms with E-state index < -0.39 is 17.6 Å². The minimum Gasteiger partial charge on any atom is -0.495 e. The highest BCUT2D eigenvalue weighted by molar-refractivity contribution is 7.13. The van der Waals surface area contributed by atoms with Crippen LogP contribution in [-0.2, 0) is 0 Å². The van der Waals surface area contributed by atoms with Gasteiger partial charge in [0.1, 0.15) is 11.6 Å². The first kappa shape index (κ1) is 21.5. The zero-order valence-electron chi connectivity index (χ0n) is 16.5. The van der Waals surface area contributed by atoms with Crippen molar-refractivity contribution in [1.82, 2.24) is 5.16 Å². The molecule has 2 amide bonds. The third-order valence-corrected chi connectivity index (χ3v) is 5.51. The number of rotatable bonds is 6. The molecule has 0 aliphatic heterocycles. The van der Waals surface area contributed by atoms with Crippen molar-refractivity contribution in [2.45, 2.75) is 0 Å². The number of anilines is 2. The lowest BCUT2D eigenvalue weighted by Crippen LogP contribution is -2.16. The molecule has 2 aromatic heterocycles. The summed E-state index contributed by atoms with van der Waals surface area (Å²) in [5, 5.41) is 11.1. The van der Waals surface area contributed by atoms with Crippen LogP contribution in [0.3, 0.4) is 0 Å². The second-order valence-electron chi connectivity index (χ2n) is 6.50. The first-order chi connectivity index (χ1) is 15.4. The Balaban J connectivity index is 1.52. The Kier molecular flexibility index (Phi) is 6.20. The van der Waals surface area contributed by atoms with Crippen molar-refractivity contribution in [3.63, 3.8) is 0 Å². The predicted molar refractivity (Wildman–Crippen MR) is 120 cm³/mol. The highest BCUT2D eigenvalue weighted by Crippen LogP contribution is 2.30. The van der Waals surface area contributed by atoms with Gasteiger partial charge in [-0.2, -0.15) is 0 Å². The summed E-state index contributed by atoms with van der Waals surface area (Å²) in [6, 6.07) is 13.6. The number of carbonyl (C=O) groups excluding carboxylic acids is 2. The Morgan fingerprint density at radius 3 is 2.66 bits per heavy atom. The SMILES string of the molecule is COc1ccc(NC(=O)c2cc(-c3cccs3)on2)cc1NC(=O)c1ccc(Cl)cc1F. The van der Waals surface area contributed by atoms with Crippen molar-refractivity contribution in [1.29, 1.82) is 0 Å². The van der Waals surface area contributed by atoms with Crippen LogP contribution in [0, 0.1) is 5.82 Å². The Bertz CT molecular complexity index is 1290. The van der Waals surface area contributed by atoms with Crippen molar-refractivity contribution in [2.75, 3.05) is 17.7 Å². The molecule has 10 heteroatoms. The van der Waals surface area contributed by atoms with E-state index in [1.54, 1.807) is 12.1 Å². The molecular weight excluding hydrogens is 457 g/mol. The minimum absolute atomic E-state index is 0.0954. The molecule has 0 saturated heterocycles. The molecule has 0 radical (unpaired) electrons. The molecule has 2 N–H and O–H groups in total. The molecule has 0 fully saturated rings. The molecule has 0 saturated carbocycles. The van der Waals surface area contributed by atoms with E-state index in [-0.39, 0.29) is 22.0 Å². The normalized spacial score (nSPS) is 10.6.